The predicted molar refractivity (Wildman–Crippen MR) is 133 cm³/mol. The summed E-state index contributed by atoms with van der Waals surface area (Å²) in [7, 11) is 0. The zero-order valence-electron chi connectivity index (χ0n) is 21.2. The van der Waals surface area contributed by atoms with Crippen molar-refractivity contribution in [3.8, 4) is 0 Å². The van der Waals surface area contributed by atoms with Crippen LogP contribution >= 0.6 is 0 Å². The molecule has 0 fully saturated rings. The van der Waals surface area contributed by atoms with Crippen LogP contribution in [0.5, 0.6) is 0 Å². The summed E-state index contributed by atoms with van der Waals surface area (Å²) < 4.78 is 0. The molecule has 0 unspecified atom stereocenters. The molecule has 0 aliphatic heterocycles. The zero-order chi connectivity index (χ0) is 28.1. The molecule has 5 atom stereocenters. The normalized spacial score (nSPS) is 14.7. The third-order valence-corrected chi connectivity index (χ3v) is 5.58. The van der Waals surface area contributed by atoms with Crippen LogP contribution in [0.2, 0.25) is 0 Å². The molecule has 9 N–H and O–H groups in total. The zero-order valence-corrected chi connectivity index (χ0v) is 21.2. The molecule has 0 aliphatic carbocycles. The quantitative estimate of drug-likeness (QED) is 0.139. The van der Waals surface area contributed by atoms with E-state index in [-0.39, 0.29) is 6.42 Å². The number of carboxylic acids is 1. The van der Waals surface area contributed by atoms with Crippen molar-refractivity contribution in [1.82, 2.24) is 21.3 Å². The fraction of sp³-hybridized carbons (Fsp3) is 0.500. The molecular weight excluding hydrogens is 484 g/mol. The average molecular weight is 521 g/mol. The van der Waals surface area contributed by atoms with Gasteiger partial charge in [-0.15, -0.1) is 0 Å². The summed E-state index contributed by atoms with van der Waals surface area (Å²) in [6.45, 7) is 4.40. The molecule has 0 saturated carbocycles. The highest BCUT2D eigenvalue weighted by atomic mass is 16.4. The minimum Gasteiger partial charge on any atom is -0.480 e. The van der Waals surface area contributed by atoms with Gasteiger partial charge in [0.1, 0.15) is 18.1 Å². The molecule has 5 amide bonds. The average Bonchev–Trinajstić information content (AvgIpc) is 2.84. The van der Waals surface area contributed by atoms with Crippen LogP contribution in [0.15, 0.2) is 30.3 Å². The Labute approximate surface area is 215 Å². The molecule has 37 heavy (non-hydrogen) atoms. The van der Waals surface area contributed by atoms with Gasteiger partial charge in [0.2, 0.25) is 29.5 Å². The maximum Gasteiger partial charge on any atom is 0.326 e. The number of carbonyl (C=O) groups excluding carboxylic acids is 5. The summed E-state index contributed by atoms with van der Waals surface area (Å²) in [6, 6.07) is 4.38. The van der Waals surface area contributed by atoms with E-state index in [9.17, 15) is 33.9 Å². The van der Waals surface area contributed by atoms with Gasteiger partial charge in [-0.25, -0.2) is 4.79 Å². The maximum atomic E-state index is 12.8. The van der Waals surface area contributed by atoms with E-state index in [0.29, 0.717) is 6.42 Å². The Morgan fingerprint density at radius 1 is 0.892 bits per heavy atom. The van der Waals surface area contributed by atoms with Crippen LogP contribution in [0.3, 0.4) is 0 Å². The van der Waals surface area contributed by atoms with E-state index >= 15 is 0 Å². The van der Waals surface area contributed by atoms with E-state index in [1.54, 1.807) is 44.2 Å². The maximum absolute atomic E-state index is 12.8. The van der Waals surface area contributed by atoms with E-state index in [0.717, 1.165) is 5.56 Å². The Balaban J connectivity index is 2.87. The highest BCUT2D eigenvalue weighted by molar-refractivity contribution is 5.94. The summed E-state index contributed by atoms with van der Waals surface area (Å²) >= 11 is 0. The van der Waals surface area contributed by atoms with Crippen molar-refractivity contribution in [3.05, 3.63) is 35.9 Å². The van der Waals surface area contributed by atoms with Crippen molar-refractivity contribution in [2.75, 3.05) is 6.54 Å². The molecule has 0 radical (unpaired) electrons. The first-order chi connectivity index (χ1) is 17.3. The minimum atomic E-state index is -1.56. The Morgan fingerprint density at radius 2 is 1.49 bits per heavy atom. The van der Waals surface area contributed by atoms with Crippen molar-refractivity contribution < 1.29 is 33.9 Å². The summed E-state index contributed by atoms with van der Waals surface area (Å²) in [5.74, 6) is -5.48. The first-order valence-electron chi connectivity index (χ1n) is 11.8. The van der Waals surface area contributed by atoms with Crippen LogP contribution in [0.4, 0.5) is 0 Å². The lowest BCUT2D eigenvalue weighted by molar-refractivity contribution is -0.144. The Kier molecular flexibility index (Phi) is 12.7. The smallest absolute Gasteiger partial charge is 0.326 e. The second-order valence-corrected chi connectivity index (χ2v) is 8.76. The van der Waals surface area contributed by atoms with Gasteiger partial charge in [0.25, 0.3) is 0 Å². The van der Waals surface area contributed by atoms with Gasteiger partial charge < -0.3 is 37.8 Å². The highest BCUT2D eigenvalue weighted by Crippen LogP contribution is 2.09. The molecule has 0 bridgehead atoms. The van der Waals surface area contributed by atoms with Gasteiger partial charge in [-0.05, 0) is 18.4 Å². The number of amides is 5. The van der Waals surface area contributed by atoms with E-state index in [2.05, 4.69) is 21.3 Å². The molecule has 1 aromatic carbocycles. The molecule has 204 valence electrons. The fourth-order valence-electron chi connectivity index (χ4n) is 3.24. The Hall–Kier alpha value is -4.00. The molecule has 0 heterocycles. The number of aliphatic carboxylic acids is 1. The number of benzene rings is 1. The van der Waals surface area contributed by atoms with Crippen LogP contribution in [-0.2, 0) is 35.2 Å². The van der Waals surface area contributed by atoms with Gasteiger partial charge in [-0.1, -0.05) is 50.6 Å². The summed E-state index contributed by atoms with van der Waals surface area (Å²) in [6.07, 6.45) is -0.00390. The first-order valence-corrected chi connectivity index (χ1v) is 11.8. The number of hydrogen-bond acceptors (Lipinski definition) is 7. The fourth-order valence-corrected chi connectivity index (χ4v) is 3.24. The van der Waals surface area contributed by atoms with E-state index < -0.39 is 78.6 Å². The molecule has 1 rings (SSSR count). The number of nitrogens with one attached hydrogen (secondary N) is 4. The number of carbonyl (C=O) groups is 6. The van der Waals surface area contributed by atoms with E-state index in [4.69, 9.17) is 11.5 Å². The van der Waals surface area contributed by atoms with Gasteiger partial charge in [-0.3, -0.25) is 24.0 Å². The SMILES string of the molecule is CC[C@H](C)[C@H](NC(=O)CNC(=O)[C@H](Cc1ccccc1)NC(=O)[C@H](C)N)C(=O)N[C@@H](CC(N)=O)C(=O)O. The second-order valence-electron chi connectivity index (χ2n) is 8.76. The van der Waals surface area contributed by atoms with Gasteiger partial charge in [0, 0.05) is 6.42 Å². The predicted octanol–water partition coefficient (Wildman–Crippen LogP) is -1.85. The van der Waals surface area contributed by atoms with Crippen LogP contribution in [-0.4, -0.2) is 71.3 Å². The number of rotatable bonds is 15. The third kappa shape index (κ3) is 11.1. The summed E-state index contributed by atoms with van der Waals surface area (Å²) in [5, 5.41) is 18.9. The molecule has 0 spiro atoms. The molecule has 0 saturated heterocycles. The molecule has 0 aromatic heterocycles. The summed E-state index contributed by atoms with van der Waals surface area (Å²) in [4.78, 5) is 72.7. The molecule has 13 nitrogen and oxygen atoms in total. The monoisotopic (exact) mass is 520 g/mol. The molecule has 1 aromatic rings. The number of carboxylic acid groups (broad SMARTS) is 1. The summed E-state index contributed by atoms with van der Waals surface area (Å²) in [5.41, 5.74) is 11.4. The molecule has 0 aliphatic rings. The number of primary amides is 1. The molecule has 13 heteroatoms. The van der Waals surface area contributed by atoms with Crippen molar-refractivity contribution in [3.63, 3.8) is 0 Å². The van der Waals surface area contributed by atoms with Crippen LogP contribution < -0.4 is 32.7 Å². The largest absolute Gasteiger partial charge is 0.480 e. The van der Waals surface area contributed by atoms with Crippen molar-refractivity contribution >= 4 is 35.5 Å². The van der Waals surface area contributed by atoms with Crippen LogP contribution in [0.1, 0.15) is 39.2 Å². The standard InChI is InChI=1S/C24H36N6O7/c1-4-13(2)20(23(35)29-17(24(36)37)11-18(26)31)30-19(32)12-27-22(34)16(28-21(33)14(3)25)10-15-8-6-5-7-9-15/h5-9,13-14,16-17,20H,4,10-12,25H2,1-3H3,(H2,26,31)(H,27,34)(H,28,33)(H,29,35)(H,30,32)(H,36,37)/t13-,14-,16-,17-,20-/m0/s1. The topological polar surface area (TPSA) is 223 Å². The van der Waals surface area contributed by atoms with Gasteiger partial charge in [0.05, 0.1) is 19.0 Å². The third-order valence-electron chi connectivity index (χ3n) is 5.58. The van der Waals surface area contributed by atoms with Gasteiger partial charge in [-0.2, -0.15) is 0 Å². The van der Waals surface area contributed by atoms with Crippen molar-refractivity contribution in [2.45, 2.75) is 64.2 Å². The highest BCUT2D eigenvalue weighted by Gasteiger charge is 2.31. The van der Waals surface area contributed by atoms with Crippen molar-refractivity contribution in [1.29, 1.82) is 0 Å². The Morgan fingerprint density at radius 3 is 2.00 bits per heavy atom. The number of nitrogens with two attached hydrogens (primary N) is 2. The number of hydrogen-bond donors (Lipinski definition) is 7. The van der Waals surface area contributed by atoms with Crippen LogP contribution in [0, 0.1) is 5.92 Å². The lowest BCUT2D eigenvalue weighted by Gasteiger charge is -2.25. The van der Waals surface area contributed by atoms with Gasteiger partial charge >= 0.3 is 5.97 Å². The molecular formula is C24H36N6O7. The lowest BCUT2D eigenvalue weighted by Crippen LogP contribution is -2.57. The Bertz CT molecular complexity index is 970. The van der Waals surface area contributed by atoms with Crippen molar-refractivity contribution in [2.24, 2.45) is 17.4 Å². The lowest BCUT2D eigenvalue weighted by atomic mass is 9.97. The minimum absolute atomic E-state index is 0.154. The van der Waals surface area contributed by atoms with Crippen LogP contribution in [0.25, 0.3) is 0 Å². The van der Waals surface area contributed by atoms with Gasteiger partial charge in [0.15, 0.2) is 0 Å². The van der Waals surface area contributed by atoms with E-state index in [1.807, 2.05) is 0 Å². The van der Waals surface area contributed by atoms with E-state index in [1.165, 1.54) is 6.92 Å². The first kappa shape index (κ1) is 31.0. The second kappa shape index (κ2) is 15.2.